The molecule has 168 valence electrons. The van der Waals surface area contributed by atoms with Gasteiger partial charge in [0.25, 0.3) is 5.91 Å². The Labute approximate surface area is 188 Å². The van der Waals surface area contributed by atoms with Gasteiger partial charge >= 0.3 is 0 Å². The van der Waals surface area contributed by atoms with Crippen molar-refractivity contribution >= 4 is 5.91 Å². The minimum absolute atomic E-state index is 0.254. The maximum absolute atomic E-state index is 11.4. The highest BCUT2D eigenvalue weighted by molar-refractivity contribution is 5.93. The van der Waals surface area contributed by atoms with E-state index in [0.29, 0.717) is 11.3 Å². The maximum Gasteiger partial charge on any atom is 0.252 e. The molecule has 1 amide bonds. The number of nitrogens with one attached hydrogen (secondary N) is 1. The van der Waals surface area contributed by atoms with Crippen molar-refractivity contribution in [3.05, 3.63) is 69.6 Å². The van der Waals surface area contributed by atoms with Crippen molar-refractivity contribution in [2.24, 2.45) is 5.73 Å². The summed E-state index contributed by atoms with van der Waals surface area (Å²) in [6, 6.07) is 6.42. The summed E-state index contributed by atoms with van der Waals surface area (Å²) in [5.41, 5.74) is 12.2. The van der Waals surface area contributed by atoms with Gasteiger partial charge in [0.1, 0.15) is 11.6 Å². The summed E-state index contributed by atoms with van der Waals surface area (Å²) in [7, 11) is 1.71. The van der Waals surface area contributed by atoms with Crippen LogP contribution < -0.4 is 10.5 Å². The van der Waals surface area contributed by atoms with Gasteiger partial charge in [-0.1, -0.05) is 12.1 Å². The first-order valence-electron chi connectivity index (χ1n) is 10.9. The van der Waals surface area contributed by atoms with E-state index in [1.807, 2.05) is 6.92 Å². The van der Waals surface area contributed by atoms with E-state index in [1.165, 1.54) is 11.1 Å². The second-order valence-corrected chi connectivity index (χ2v) is 8.55. The number of nitrogens with two attached hydrogens (primary N) is 1. The van der Waals surface area contributed by atoms with Gasteiger partial charge in [-0.3, -0.25) is 14.8 Å². The third kappa shape index (κ3) is 4.50. The number of aryl methyl sites for hydroxylation is 3. The predicted molar refractivity (Wildman–Crippen MR) is 122 cm³/mol. The second kappa shape index (κ2) is 9.08. The Morgan fingerprint density at radius 1 is 1.28 bits per heavy atom. The summed E-state index contributed by atoms with van der Waals surface area (Å²) < 4.78 is 5.62. The number of carbonyl (C=O) groups excluding carboxylic acids is 1. The number of rotatable bonds is 7. The Bertz CT molecular complexity index is 1120. The van der Waals surface area contributed by atoms with Crippen LogP contribution in [0.15, 0.2) is 24.4 Å². The van der Waals surface area contributed by atoms with Gasteiger partial charge in [-0.2, -0.15) is 5.10 Å². The molecule has 0 bridgehead atoms. The summed E-state index contributed by atoms with van der Waals surface area (Å²) in [6.45, 7) is 8.60. The van der Waals surface area contributed by atoms with Crippen LogP contribution in [-0.2, 0) is 13.0 Å². The standard InChI is InChI=1S/C24H30N6O2/c1-14-21(23(25)31)11-26-24(27-14)18-7-8-30(13-18)12-17-5-6-22(32-4)19(9-17)10-20-15(2)28-29-16(20)3/h5-6,9,11,18H,7-8,10,12-13H2,1-4H3,(H2,25,31)(H,28,29). The number of aromatic amines is 1. The number of likely N-dealkylation sites (tertiary alicyclic amines) is 1. The Kier molecular flexibility index (Phi) is 6.23. The molecular weight excluding hydrogens is 404 g/mol. The summed E-state index contributed by atoms with van der Waals surface area (Å²) in [5.74, 6) is 1.45. The smallest absolute Gasteiger partial charge is 0.252 e. The SMILES string of the molecule is COc1ccc(CN2CCC(c3ncc(C(N)=O)c(C)n3)C2)cc1Cc1c(C)n[nH]c1C. The van der Waals surface area contributed by atoms with E-state index in [9.17, 15) is 4.79 Å². The van der Waals surface area contributed by atoms with E-state index in [1.54, 1.807) is 20.2 Å². The fraction of sp³-hybridized carbons (Fsp3) is 0.417. The molecule has 0 aliphatic carbocycles. The van der Waals surface area contributed by atoms with Crippen molar-refractivity contribution in [3.8, 4) is 5.75 Å². The minimum atomic E-state index is -0.488. The van der Waals surface area contributed by atoms with E-state index >= 15 is 0 Å². The molecule has 3 aromatic rings. The van der Waals surface area contributed by atoms with Gasteiger partial charge in [0.2, 0.25) is 0 Å². The van der Waals surface area contributed by atoms with Crippen molar-refractivity contribution < 1.29 is 9.53 Å². The number of methoxy groups -OCH3 is 1. The summed E-state index contributed by atoms with van der Waals surface area (Å²) in [4.78, 5) is 22.8. The number of benzene rings is 1. The largest absolute Gasteiger partial charge is 0.496 e. The molecular formula is C24H30N6O2. The minimum Gasteiger partial charge on any atom is -0.496 e. The predicted octanol–water partition coefficient (Wildman–Crippen LogP) is 2.81. The molecule has 1 aliphatic heterocycles. The number of hydrogen-bond acceptors (Lipinski definition) is 6. The molecule has 8 heteroatoms. The summed E-state index contributed by atoms with van der Waals surface area (Å²) >= 11 is 0. The van der Waals surface area contributed by atoms with Gasteiger partial charge in [-0.15, -0.1) is 0 Å². The van der Waals surface area contributed by atoms with E-state index in [-0.39, 0.29) is 5.92 Å². The molecule has 3 heterocycles. The highest BCUT2D eigenvalue weighted by atomic mass is 16.5. The number of nitrogens with zero attached hydrogens (tertiary/aromatic N) is 4. The molecule has 1 unspecified atom stereocenters. The molecule has 0 radical (unpaired) electrons. The molecule has 4 rings (SSSR count). The van der Waals surface area contributed by atoms with Gasteiger partial charge in [0, 0.05) is 42.9 Å². The number of ether oxygens (including phenoxy) is 1. The Morgan fingerprint density at radius 2 is 2.09 bits per heavy atom. The zero-order chi connectivity index (χ0) is 22.8. The van der Waals surface area contributed by atoms with Crippen molar-refractivity contribution in [2.45, 2.75) is 46.1 Å². The van der Waals surface area contributed by atoms with Crippen molar-refractivity contribution in [1.82, 2.24) is 25.1 Å². The molecule has 32 heavy (non-hydrogen) atoms. The van der Waals surface area contributed by atoms with E-state index in [2.05, 4.69) is 50.2 Å². The fourth-order valence-corrected chi connectivity index (χ4v) is 4.46. The quantitative estimate of drug-likeness (QED) is 0.592. The monoisotopic (exact) mass is 434 g/mol. The number of hydrogen-bond donors (Lipinski definition) is 2. The maximum atomic E-state index is 11.4. The first-order chi connectivity index (χ1) is 15.4. The number of carbonyl (C=O) groups is 1. The van der Waals surface area contributed by atoms with Crippen LogP contribution in [0.25, 0.3) is 0 Å². The lowest BCUT2D eigenvalue weighted by atomic mass is 10.00. The highest BCUT2D eigenvalue weighted by Gasteiger charge is 2.27. The molecule has 1 aromatic carbocycles. The Morgan fingerprint density at radius 3 is 2.75 bits per heavy atom. The zero-order valence-corrected chi connectivity index (χ0v) is 19.1. The molecule has 3 N–H and O–H groups in total. The number of aromatic nitrogens is 4. The number of H-pyrrole nitrogens is 1. The van der Waals surface area contributed by atoms with Crippen LogP contribution in [0.1, 0.15) is 62.3 Å². The molecule has 1 atom stereocenters. The fourth-order valence-electron chi connectivity index (χ4n) is 4.46. The summed E-state index contributed by atoms with van der Waals surface area (Å²) in [6.07, 6.45) is 3.33. The zero-order valence-electron chi connectivity index (χ0n) is 19.1. The molecule has 1 fully saturated rings. The van der Waals surface area contributed by atoms with Gasteiger partial charge in [0.05, 0.1) is 24.1 Å². The van der Waals surface area contributed by atoms with Gasteiger partial charge in [-0.25, -0.2) is 9.97 Å². The molecule has 0 saturated carbocycles. The Balaban J connectivity index is 1.47. The average molecular weight is 435 g/mol. The first kappa shape index (κ1) is 22.0. The lowest BCUT2D eigenvalue weighted by Gasteiger charge is -2.18. The van der Waals surface area contributed by atoms with Crippen molar-refractivity contribution in [2.75, 3.05) is 20.2 Å². The third-order valence-corrected chi connectivity index (χ3v) is 6.30. The van der Waals surface area contributed by atoms with Gasteiger partial charge < -0.3 is 10.5 Å². The van der Waals surface area contributed by atoms with E-state index < -0.39 is 5.91 Å². The van der Waals surface area contributed by atoms with Crippen LogP contribution in [0.3, 0.4) is 0 Å². The normalized spacial score (nSPS) is 16.4. The van der Waals surface area contributed by atoms with Gasteiger partial charge in [-0.05, 0) is 50.9 Å². The molecule has 1 saturated heterocycles. The average Bonchev–Trinajstić information content (AvgIpc) is 3.35. The number of primary amides is 1. The van der Waals surface area contributed by atoms with Crippen molar-refractivity contribution in [1.29, 1.82) is 0 Å². The Hall–Kier alpha value is -3.26. The van der Waals surface area contributed by atoms with Crippen LogP contribution in [-0.4, -0.2) is 51.2 Å². The van der Waals surface area contributed by atoms with Crippen LogP contribution >= 0.6 is 0 Å². The van der Waals surface area contributed by atoms with Crippen LogP contribution in [0.4, 0.5) is 0 Å². The molecule has 0 spiro atoms. The number of amides is 1. The van der Waals surface area contributed by atoms with Crippen molar-refractivity contribution in [3.63, 3.8) is 0 Å². The molecule has 2 aromatic heterocycles. The van der Waals surface area contributed by atoms with Crippen LogP contribution in [0.2, 0.25) is 0 Å². The molecule has 8 nitrogen and oxygen atoms in total. The third-order valence-electron chi connectivity index (χ3n) is 6.30. The van der Waals surface area contributed by atoms with E-state index in [0.717, 1.165) is 61.0 Å². The summed E-state index contributed by atoms with van der Waals surface area (Å²) in [5, 5.41) is 7.39. The van der Waals surface area contributed by atoms with E-state index in [4.69, 9.17) is 10.5 Å². The lowest BCUT2D eigenvalue weighted by Crippen LogP contribution is -2.21. The van der Waals surface area contributed by atoms with Gasteiger partial charge in [0.15, 0.2) is 0 Å². The first-order valence-corrected chi connectivity index (χ1v) is 10.9. The topological polar surface area (TPSA) is 110 Å². The van der Waals surface area contributed by atoms with Crippen LogP contribution in [0, 0.1) is 20.8 Å². The lowest BCUT2D eigenvalue weighted by molar-refractivity contribution is 0.0999. The van der Waals surface area contributed by atoms with Crippen LogP contribution in [0.5, 0.6) is 5.75 Å². The second-order valence-electron chi connectivity index (χ2n) is 8.55. The highest BCUT2D eigenvalue weighted by Crippen LogP contribution is 2.29. The molecule has 1 aliphatic rings.